The highest BCUT2D eigenvalue weighted by Crippen LogP contribution is 2.30. The Bertz CT molecular complexity index is 1020. The molecule has 3 nitrogen and oxygen atoms in total. The van der Waals surface area contributed by atoms with Gasteiger partial charge in [-0.3, -0.25) is 9.69 Å². The minimum Gasteiger partial charge on any atom is -0.336 e. The first-order valence-corrected chi connectivity index (χ1v) is 10.2. The standard InChI is InChI=1S/C24H21ClF2N2O/c25-20-9-6-18(7-10-20)23(17-4-2-1-3-5-17)28-12-14-29(15-13-28)24(30)19-8-11-21(26)22(27)16-19/h1-11,16,23H,12-15H2/t23-/m1/s1. The zero-order valence-corrected chi connectivity index (χ0v) is 17.0. The van der Waals surface area contributed by atoms with Gasteiger partial charge in [-0.25, -0.2) is 8.78 Å². The Morgan fingerprint density at radius 1 is 0.800 bits per heavy atom. The fraction of sp³-hybridized carbons (Fsp3) is 0.208. The summed E-state index contributed by atoms with van der Waals surface area (Å²) in [5, 5.41) is 0.688. The quantitative estimate of drug-likeness (QED) is 0.575. The van der Waals surface area contributed by atoms with Crippen LogP contribution in [0.15, 0.2) is 72.8 Å². The van der Waals surface area contributed by atoms with Gasteiger partial charge in [-0.2, -0.15) is 0 Å². The maximum Gasteiger partial charge on any atom is 0.254 e. The molecule has 0 N–H and O–H groups in total. The smallest absolute Gasteiger partial charge is 0.254 e. The molecule has 1 fully saturated rings. The molecule has 1 saturated heterocycles. The van der Waals surface area contributed by atoms with Crippen molar-refractivity contribution >= 4 is 17.5 Å². The first-order valence-electron chi connectivity index (χ1n) is 9.82. The van der Waals surface area contributed by atoms with Gasteiger partial charge in [-0.15, -0.1) is 0 Å². The van der Waals surface area contributed by atoms with Crippen molar-refractivity contribution in [3.63, 3.8) is 0 Å². The highest BCUT2D eigenvalue weighted by Gasteiger charge is 2.28. The Morgan fingerprint density at radius 2 is 1.43 bits per heavy atom. The third kappa shape index (κ3) is 4.37. The van der Waals surface area contributed by atoms with Gasteiger partial charge in [0.15, 0.2) is 11.6 Å². The molecular weight excluding hydrogens is 406 g/mol. The van der Waals surface area contributed by atoms with Crippen LogP contribution in [0.1, 0.15) is 27.5 Å². The van der Waals surface area contributed by atoms with E-state index in [9.17, 15) is 13.6 Å². The van der Waals surface area contributed by atoms with Crippen LogP contribution in [0, 0.1) is 11.6 Å². The van der Waals surface area contributed by atoms with Crippen LogP contribution in [0.25, 0.3) is 0 Å². The normalized spacial score (nSPS) is 15.8. The first kappa shape index (κ1) is 20.5. The molecule has 0 spiro atoms. The number of halogens is 3. The first-order chi connectivity index (χ1) is 14.5. The van der Waals surface area contributed by atoms with E-state index in [2.05, 4.69) is 17.0 Å². The molecule has 154 valence electrons. The number of carbonyl (C=O) groups is 1. The molecule has 0 unspecified atom stereocenters. The zero-order chi connectivity index (χ0) is 21.1. The number of carbonyl (C=O) groups excluding carboxylic acids is 1. The van der Waals surface area contributed by atoms with Gasteiger partial charge < -0.3 is 4.90 Å². The summed E-state index contributed by atoms with van der Waals surface area (Å²) in [5.74, 6) is -2.24. The van der Waals surface area contributed by atoms with Crippen LogP contribution in [0.2, 0.25) is 5.02 Å². The fourth-order valence-electron chi connectivity index (χ4n) is 3.89. The van der Waals surface area contributed by atoms with Crippen molar-refractivity contribution in [2.45, 2.75) is 6.04 Å². The van der Waals surface area contributed by atoms with Crippen molar-refractivity contribution in [2.24, 2.45) is 0 Å². The topological polar surface area (TPSA) is 23.6 Å². The monoisotopic (exact) mass is 426 g/mol. The van der Waals surface area contributed by atoms with Gasteiger partial charge in [0.2, 0.25) is 0 Å². The Kier molecular flexibility index (Phi) is 6.11. The van der Waals surface area contributed by atoms with Gasteiger partial charge in [0.05, 0.1) is 6.04 Å². The van der Waals surface area contributed by atoms with E-state index in [1.165, 1.54) is 11.6 Å². The minimum atomic E-state index is -1.01. The summed E-state index contributed by atoms with van der Waals surface area (Å²) in [4.78, 5) is 16.7. The van der Waals surface area contributed by atoms with Crippen LogP contribution < -0.4 is 0 Å². The number of hydrogen-bond donors (Lipinski definition) is 0. The zero-order valence-electron chi connectivity index (χ0n) is 16.3. The van der Waals surface area contributed by atoms with E-state index >= 15 is 0 Å². The van der Waals surface area contributed by atoms with Crippen LogP contribution >= 0.6 is 11.6 Å². The van der Waals surface area contributed by atoms with Gasteiger partial charge >= 0.3 is 0 Å². The highest BCUT2D eigenvalue weighted by molar-refractivity contribution is 6.30. The van der Waals surface area contributed by atoms with Crippen molar-refractivity contribution in [1.29, 1.82) is 0 Å². The largest absolute Gasteiger partial charge is 0.336 e. The average Bonchev–Trinajstić information content (AvgIpc) is 2.78. The SMILES string of the molecule is O=C(c1ccc(F)c(F)c1)N1CCN([C@H](c2ccccc2)c2ccc(Cl)cc2)CC1. The predicted octanol–water partition coefficient (Wildman–Crippen LogP) is 5.17. The third-order valence-electron chi connectivity index (χ3n) is 5.43. The van der Waals surface area contributed by atoms with Crippen LogP contribution in [-0.2, 0) is 0 Å². The number of benzene rings is 3. The minimum absolute atomic E-state index is 0.0454. The van der Waals surface area contributed by atoms with Crippen LogP contribution in [-0.4, -0.2) is 41.9 Å². The highest BCUT2D eigenvalue weighted by atomic mass is 35.5. The Morgan fingerprint density at radius 3 is 2.07 bits per heavy atom. The second-order valence-corrected chi connectivity index (χ2v) is 7.76. The Hall–Kier alpha value is -2.76. The molecule has 30 heavy (non-hydrogen) atoms. The van der Waals surface area contributed by atoms with Gasteiger partial charge in [-0.1, -0.05) is 54.1 Å². The van der Waals surface area contributed by atoms with Gasteiger partial charge in [-0.05, 0) is 41.5 Å². The number of piperazine rings is 1. The van der Waals surface area contributed by atoms with Crippen molar-refractivity contribution in [3.8, 4) is 0 Å². The number of rotatable bonds is 4. The summed E-state index contributed by atoms with van der Waals surface area (Å²) in [6.07, 6.45) is 0. The average molecular weight is 427 g/mol. The molecule has 1 atom stereocenters. The van der Waals surface area contributed by atoms with Gasteiger partial charge in [0, 0.05) is 36.8 Å². The summed E-state index contributed by atoms with van der Waals surface area (Å²) >= 11 is 6.07. The van der Waals surface area contributed by atoms with Crippen LogP contribution in [0.5, 0.6) is 0 Å². The molecule has 1 amide bonds. The van der Waals surface area contributed by atoms with Crippen LogP contribution in [0.4, 0.5) is 8.78 Å². The van der Waals surface area contributed by atoms with E-state index in [0.717, 1.165) is 17.7 Å². The molecule has 0 aliphatic carbocycles. The summed E-state index contributed by atoms with van der Waals surface area (Å²) in [6.45, 7) is 2.35. The van der Waals surface area contributed by atoms with E-state index in [4.69, 9.17) is 11.6 Å². The van der Waals surface area contributed by atoms with E-state index < -0.39 is 11.6 Å². The molecule has 6 heteroatoms. The molecule has 1 aliphatic heterocycles. The second-order valence-electron chi connectivity index (χ2n) is 7.32. The molecule has 0 bridgehead atoms. The van der Waals surface area contributed by atoms with E-state index in [1.54, 1.807) is 4.90 Å². The van der Waals surface area contributed by atoms with E-state index in [-0.39, 0.29) is 17.5 Å². The van der Waals surface area contributed by atoms with Crippen molar-refractivity contribution in [1.82, 2.24) is 9.80 Å². The lowest BCUT2D eigenvalue weighted by Crippen LogP contribution is -2.49. The number of amides is 1. The third-order valence-corrected chi connectivity index (χ3v) is 5.69. The Balaban J connectivity index is 1.52. The molecule has 0 saturated carbocycles. The van der Waals surface area contributed by atoms with Crippen molar-refractivity contribution in [3.05, 3.63) is 106 Å². The lowest BCUT2D eigenvalue weighted by atomic mass is 9.96. The molecule has 1 aliphatic rings. The molecule has 0 radical (unpaired) electrons. The van der Waals surface area contributed by atoms with Crippen LogP contribution in [0.3, 0.4) is 0 Å². The lowest BCUT2D eigenvalue weighted by Gasteiger charge is -2.39. The van der Waals surface area contributed by atoms with E-state index in [1.807, 2.05) is 42.5 Å². The molecule has 1 heterocycles. The second kappa shape index (κ2) is 8.94. The molecule has 4 rings (SSSR count). The fourth-order valence-corrected chi connectivity index (χ4v) is 4.02. The predicted molar refractivity (Wildman–Crippen MR) is 114 cm³/mol. The molecule has 0 aromatic heterocycles. The Labute approximate surface area is 179 Å². The summed E-state index contributed by atoms with van der Waals surface area (Å²) in [6, 6.07) is 21.4. The lowest BCUT2D eigenvalue weighted by molar-refractivity contribution is 0.0597. The summed E-state index contributed by atoms with van der Waals surface area (Å²) in [7, 11) is 0. The molecule has 3 aromatic carbocycles. The van der Waals surface area contributed by atoms with E-state index in [0.29, 0.717) is 31.2 Å². The van der Waals surface area contributed by atoms with Gasteiger partial charge in [0.25, 0.3) is 5.91 Å². The summed E-state index contributed by atoms with van der Waals surface area (Å²) in [5.41, 5.74) is 2.46. The van der Waals surface area contributed by atoms with Crippen molar-refractivity contribution in [2.75, 3.05) is 26.2 Å². The van der Waals surface area contributed by atoms with Gasteiger partial charge in [0.1, 0.15) is 0 Å². The maximum atomic E-state index is 13.5. The molecule has 3 aromatic rings. The summed E-state index contributed by atoms with van der Waals surface area (Å²) < 4.78 is 26.7. The van der Waals surface area contributed by atoms with Crippen molar-refractivity contribution < 1.29 is 13.6 Å². The molecular formula is C24H21ClF2N2O. The number of hydrogen-bond acceptors (Lipinski definition) is 2. The number of nitrogens with zero attached hydrogens (tertiary/aromatic N) is 2. The maximum absolute atomic E-state index is 13.5.